The van der Waals surface area contributed by atoms with Crippen LogP contribution >= 0.6 is 0 Å². The van der Waals surface area contributed by atoms with Crippen LogP contribution in [0.5, 0.6) is 0 Å². The standard InChI is InChI=1S/C19H27N5O2/c1-21-14-16(13-20-21)24-8-4-7-17(19(24)26)22-9-11-23(12-10-22)18(25)15-5-2-3-6-15/h2-3,13-15,17H,4-12H2,1H3/t17-/m0/s1. The van der Waals surface area contributed by atoms with Crippen molar-refractivity contribution in [1.82, 2.24) is 19.6 Å². The van der Waals surface area contributed by atoms with Crippen LogP contribution in [-0.2, 0) is 16.6 Å². The largest absolute Gasteiger partial charge is 0.340 e. The Labute approximate surface area is 154 Å². The summed E-state index contributed by atoms with van der Waals surface area (Å²) < 4.78 is 1.73. The van der Waals surface area contributed by atoms with Crippen molar-refractivity contribution < 1.29 is 9.59 Å². The van der Waals surface area contributed by atoms with Crippen molar-refractivity contribution in [2.45, 2.75) is 31.7 Å². The van der Waals surface area contributed by atoms with Crippen molar-refractivity contribution in [3.05, 3.63) is 24.5 Å². The second kappa shape index (κ2) is 7.23. The number of piperazine rings is 1. The van der Waals surface area contributed by atoms with Gasteiger partial charge < -0.3 is 9.80 Å². The van der Waals surface area contributed by atoms with Gasteiger partial charge in [0.25, 0.3) is 0 Å². The van der Waals surface area contributed by atoms with Crippen LogP contribution in [0, 0.1) is 5.92 Å². The van der Waals surface area contributed by atoms with Gasteiger partial charge in [-0.05, 0) is 25.7 Å². The number of allylic oxidation sites excluding steroid dienone is 2. The average molecular weight is 357 g/mol. The first kappa shape index (κ1) is 17.3. The number of aromatic nitrogens is 2. The number of hydrogen-bond acceptors (Lipinski definition) is 4. The van der Waals surface area contributed by atoms with Gasteiger partial charge >= 0.3 is 0 Å². The molecule has 7 heteroatoms. The molecular formula is C19H27N5O2. The highest BCUT2D eigenvalue weighted by Gasteiger charge is 2.37. The molecule has 3 heterocycles. The maximum absolute atomic E-state index is 13.0. The summed E-state index contributed by atoms with van der Waals surface area (Å²) in [5.74, 6) is 0.588. The van der Waals surface area contributed by atoms with Gasteiger partial charge in [-0.2, -0.15) is 5.10 Å². The molecule has 1 aromatic rings. The monoisotopic (exact) mass is 357 g/mol. The molecule has 4 rings (SSSR count). The molecule has 0 spiro atoms. The van der Waals surface area contributed by atoms with E-state index in [4.69, 9.17) is 0 Å². The average Bonchev–Trinajstić information content (AvgIpc) is 3.33. The molecule has 1 aromatic heterocycles. The highest BCUT2D eigenvalue weighted by molar-refractivity contribution is 5.97. The maximum Gasteiger partial charge on any atom is 0.244 e. The second-order valence-electron chi connectivity index (χ2n) is 7.52. The second-order valence-corrected chi connectivity index (χ2v) is 7.52. The van der Waals surface area contributed by atoms with E-state index < -0.39 is 0 Å². The molecule has 2 aliphatic heterocycles. The van der Waals surface area contributed by atoms with E-state index in [0.717, 1.165) is 64.1 Å². The maximum atomic E-state index is 13.0. The van der Waals surface area contributed by atoms with Crippen molar-refractivity contribution in [2.75, 3.05) is 37.6 Å². The number of hydrogen-bond donors (Lipinski definition) is 0. The number of nitrogens with zero attached hydrogens (tertiary/aromatic N) is 5. The Kier molecular flexibility index (Phi) is 4.80. The van der Waals surface area contributed by atoms with Crippen molar-refractivity contribution in [2.24, 2.45) is 13.0 Å². The van der Waals surface area contributed by atoms with Gasteiger partial charge in [-0.15, -0.1) is 0 Å². The number of carbonyl (C=O) groups is 2. The quantitative estimate of drug-likeness (QED) is 0.758. The van der Waals surface area contributed by atoms with Crippen molar-refractivity contribution in [3.8, 4) is 0 Å². The lowest BCUT2D eigenvalue weighted by molar-refractivity contribution is -0.138. The van der Waals surface area contributed by atoms with E-state index in [1.807, 2.05) is 23.0 Å². The first-order valence-corrected chi connectivity index (χ1v) is 9.61. The molecule has 3 aliphatic rings. The molecule has 0 N–H and O–H groups in total. The number of amides is 2. The molecule has 1 aliphatic carbocycles. The molecule has 26 heavy (non-hydrogen) atoms. The molecule has 0 aromatic carbocycles. The van der Waals surface area contributed by atoms with Crippen LogP contribution in [0.15, 0.2) is 24.5 Å². The lowest BCUT2D eigenvalue weighted by atomic mass is 10.0. The van der Waals surface area contributed by atoms with E-state index >= 15 is 0 Å². The summed E-state index contributed by atoms with van der Waals surface area (Å²) in [4.78, 5) is 31.7. The highest BCUT2D eigenvalue weighted by Crippen LogP contribution is 2.25. The normalized spacial score (nSPS) is 25.3. The summed E-state index contributed by atoms with van der Waals surface area (Å²) in [6.07, 6.45) is 11.5. The fourth-order valence-corrected chi connectivity index (χ4v) is 4.33. The SMILES string of the molecule is Cn1cc(N2CCC[C@H](N3CCN(C(=O)C4CC=CC4)CC3)C2=O)cn1. The van der Waals surface area contributed by atoms with Crippen LogP contribution in [0.3, 0.4) is 0 Å². The summed E-state index contributed by atoms with van der Waals surface area (Å²) in [5.41, 5.74) is 0.879. The number of piperidine rings is 1. The van der Waals surface area contributed by atoms with Crippen LogP contribution in [-0.4, -0.2) is 70.2 Å². The third-order valence-electron chi connectivity index (χ3n) is 5.84. The van der Waals surface area contributed by atoms with Gasteiger partial charge in [-0.1, -0.05) is 12.2 Å². The summed E-state index contributed by atoms with van der Waals surface area (Å²) in [5, 5.41) is 4.19. The van der Waals surface area contributed by atoms with Crippen LogP contribution in [0.1, 0.15) is 25.7 Å². The minimum Gasteiger partial charge on any atom is -0.340 e. The van der Waals surface area contributed by atoms with Crippen LogP contribution in [0.2, 0.25) is 0 Å². The molecule has 0 radical (unpaired) electrons. The number of carbonyl (C=O) groups excluding carboxylic acids is 2. The van der Waals surface area contributed by atoms with Crippen LogP contribution in [0.25, 0.3) is 0 Å². The topological polar surface area (TPSA) is 61.7 Å². The fraction of sp³-hybridized carbons (Fsp3) is 0.632. The zero-order valence-corrected chi connectivity index (χ0v) is 15.4. The Morgan fingerprint density at radius 2 is 1.85 bits per heavy atom. The van der Waals surface area contributed by atoms with Crippen molar-refractivity contribution >= 4 is 17.5 Å². The Bertz CT molecular complexity index is 697. The van der Waals surface area contributed by atoms with E-state index in [2.05, 4.69) is 22.2 Å². The minimum absolute atomic E-state index is 0.0747. The zero-order chi connectivity index (χ0) is 18.1. The van der Waals surface area contributed by atoms with E-state index in [-0.39, 0.29) is 23.8 Å². The molecule has 0 saturated carbocycles. The number of aryl methyl sites for hydroxylation is 1. The molecule has 2 saturated heterocycles. The van der Waals surface area contributed by atoms with Gasteiger partial charge in [0.05, 0.1) is 17.9 Å². The van der Waals surface area contributed by atoms with Crippen LogP contribution < -0.4 is 4.90 Å². The van der Waals surface area contributed by atoms with Crippen LogP contribution in [0.4, 0.5) is 5.69 Å². The fourth-order valence-electron chi connectivity index (χ4n) is 4.33. The summed E-state index contributed by atoms with van der Waals surface area (Å²) in [7, 11) is 1.87. The van der Waals surface area contributed by atoms with Gasteiger partial charge in [0.1, 0.15) is 0 Å². The minimum atomic E-state index is -0.0747. The Morgan fingerprint density at radius 3 is 2.50 bits per heavy atom. The highest BCUT2D eigenvalue weighted by atomic mass is 16.2. The summed E-state index contributed by atoms with van der Waals surface area (Å²) in [6, 6.07) is -0.0747. The van der Waals surface area contributed by atoms with E-state index in [9.17, 15) is 9.59 Å². The van der Waals surface area contributed by atoms with E-state index in [1.165, 1.54) is 0 Å². The van der Waals surface area contributed by atoms with Gasteiger partial charge in [0.15, 0.2) is 0 Å². The zero-order valence-electron chi connectivity index (χ0n) is 15.4. The molecule has 2 amide bonds. The Balaban J connectivity index is 1.36. The van der Waals surface area contributed by atoms with Gasteiger partial charge in [-0.25, -0.2) is 0 Å². The third kappa shape index (κ3) is 3.28. The first-order valence-electron chi connectivity index (χ1n) is 9.61. The molecule has 140 valence electrons. The third-order valence-corrected chi connectivity index (χ3v) is 5.84. The van der Waals surface area contributed by atoms with E-state index in [1.54, 1.807) is 10.9 Å². The molecule has 0 bridgehead atoms. The Morgan fingerprint density at radius 1 is 1.12 bits per heavy atom. The summed E-state index contributed by atoms with van der Waals surface area (Å²) >= 11 is 0. The predicted octanol–water partition coefficient (Wildman–Crippen LogP) is 1.03. The molecule has 0 unspecified atom stereocenters. The smallest absolute Gasteiger partial charge is 0.244 e. The molecule has 1 atom stereocenters. The first-order chi connectivity index (χ1) is 12.6. The summed E-state index contributed by atoms with van der Waals surface area (Å²) in [6.45, 7) is 3.78. The van der Waals surface area contributed by atoms with Crippen molar-refractivity contribution in [3.63, 3.8) is 0 Å². The molecule has 7 nitrogen and oxygen atoms in total. The number of anilines is 1. The lowest BCUT2D eigenvalue weighted by Gasteiger charge is -2.42. The molecular weight excluding hydrogens is 330 g/mol. The van der Waals surface area contributed by atoms with Crippen molar-refractivity contribution in [1.29, 1.82) is 0 Å². The number of rotatable bonds is 3. The molecule has 2 fully saturated rings. The van der Waals surface area contributed by atoms with Gasteiger partial charge in [0, 0.05) is 51.9 Å². The Hall–Kier alpha value is -2.15. The predicted molar refractivity (Wildman–Crippen MR) is 98.6 cm³/mol. The van der Waals surface area contributed by atoms with Gasteiger partial charge in [-0.3, -0.25) is 19.2 Å². The van der Waals surface area contributed by atoms with Gasteiger partial charge in [0.2, 0.25) is 11.8 Å². The van der Waals surface area contributed by atoms with E-state index in [0.29, 0.717) is 0 Å². The lowest BCUT2D eigenvalue weighted by Crippen LogP contribution is -2.58.